The predicted octanol–water partition coefficient (Wildman–Crippen LogP) is 4.41. The number of methoxy groups -OCH3 is 1. The summed E-state index contributed by atoms with van der Waals surface area (Å²) >= 11 is 12.3. The lowest BCUT2D eigenvalue weighted by Crippen LogP contribution is -2.53. The molecule has 2 aromatic rings. The zero-order valence-corrected chi connectivity index (χ0v) is 18.0. The van der Waals surface area contributed by atoms with E-state index in [-0.39, 0.29) is 24.7 Å². The number of ketones is 1. The molecule has 4 rings (SSSR count). The molecule has 1 spiro atoms. The highest BCUT2D eigenvalue weighted by Gasteiger charge is 2.44. The number of halogens is 2. The molecular weight excluding hydrogens is 429 g/mol. The Bertz CT molecular complexity index is 985. The zero-order chi connectivity index (χ0) is 21.3. The minimum Gasteiger partial charge on any atom is -0.493 e. The van der Waals surface area contributed by atoms with Crippen molar-refractivity contribution in [1.82, 2.24) is 4.90 Å². The molecule has 0 aliphatic carbocycles. The maximum Gasteiger partial charge on any atom is 0.260 e. The van der Waals surface area contributed by atoms with E-state index in [0.717, 1.165) is 0 Å². The first-order chi connectivity index (χ1) is 14.4. The Labute approximate surface area is 184 Å². The van der Waals surface area contributed by atoms with Crippen molar-refractivity contribution in [2.45, 2.75) is 24.9 Å². The molecule has 6 nitrogen and oxygen atoms in total. The molecule has 1 saturated heterocycles. The molecule has 0 atom stereocenters. The standard InChI is InChI=1S/C22H21Cl2NO5/c1-28-18-4-2-3-5-19(18)29-13-20(27)25-8-6-22(7-9-25)12-17(26)15-10-14(23)11-16(24)21(15)30-22/h2-5,10-11H,6-9,12-13H2,1H3. The number of hydrogen-bond acceptors (Lipinski definition) is 5. The van der Waals surface area contributed by atoms with Crippen LogP contribution in [0.15, 0.2) is 36.4 Å². The van der Waals surface area contributed by atoms with Crippen molar-refractivity contribution >= 4 is 34.9 Å². The van der Waals surface area contributed by atoms with Crippen molar-refractivity contribution in [1.29, 1.82) is 0 Å². The number of fused-ring (bicyclic) bond motifs is 1. The van der Waals surface area contributed by atoms with Gasteiger partial charge in [-0.2, -0.15) is 0 Å². The van der Waals surface area contributed by atoms with E-state index in [9.17, 15) is 9.59 Å². The summed E-state index contributed by atoms with van der Waals surface area (Å²) in [7, 11) is 1.55. The van der Waals surface area contributed by atoms with Crippen LogP contribution < -0.4 is 14.2 Å². The van der Waals surface area contributed by atoms with Crippen molar-refractivity contribution < 1.29 is 23.8 Å². The van der Waals surface area contributed by atoms with E-state index in [1.165, 1.54) is 0 Å². The van der Waals surface area contributed by atoms with Crippen LogP contribution >= 0.6 is 23.2 Å². The summed E-state index contributed by atoms with van der Waals surface area (Å²) in [5, 5.41) is 0.732. The number of carbonyl (C=O) groups is 2. The van der Waals surface area contributed by atoms with Crippen LogP contribution in [0.4, 0.5) is 0 Å². The molecule has 2 heterocycles. The Morgan fingerprint density at radius 2 is 1.87 bits per heavy atom. The van der Waals surface area contributed by atoms with Gasteiger partial charge in [0.25, 0.3) is 5.91 Å². The first-order valence-electron chi connectivity index (χ1n) is 9.66. The van der Waals surface area contributed by atoms with Gasteiger partial charge in [-0.1, -0.05) is 35.3 Å². The van der Waals surface area contributed by atoms with Crippen LogP contribution in [0, 0.1) is 0 Å². The van der Waals surface area contributed by atoms with Crippen LogP contribution in [0.2, 0.25) is 10.0 Å². The van der Waals surface area contributed by atoms with Crippen molar-refractivity contribution in [2.75, 3.05) is 26.8 Å². The Morgan fingerprint density at radius 1 is 1.17 bits per heavy atom. The molecule has 2 aliphatic rings. The monoisotopic (exact) mass is 449 g/mol. The fourth-order valence-electron chi connectivity index (χ4n) is 3.92. The van der Waals surface area contributed by atoms with Crippen molar-refractivity contribution in [2.24, 2.45) is 0 Å². The number of Topliss-reactive ketones (excluding diaryl/α,β-unsaturated/α-hetero) is 1. The first kappa shape index (κ1) is 20.8. The predicted molar refractivity (Wildman–Crippen MR) is 113 cm³/mol. The molecule has 0 N–H and O–H groups in total. The van der Waals surface area contributed by atoms with Crippen LogP contribution in [-0.4, -0.2) is 49.0 Å². The average molecular weight is 450 g/mol. The van der Waals surface area contributed by atoms with Gasteiger partial charge in [-0.15, -0.1) is 0 Å². The van der Waals surface area contributed by atoms with Gasteiger partial charge in [0.2, 0.25) is 0 Å². The van der Waals surface area contributed by atoms with E-state index in [1.54, 1.807) is 36.3 Å². The number of para-hydroxylation sites is 2. The van der Waals surface area contributed by atoms with Crippen LogP contribution in [-0.2, 0) is 4.79 Å². The largest absolute Gasteiger partial charge is 0.493 e. The SMILES string of the molecule is COc1ccccc1OCC(=O)N1CCC2(CC1)CC(=O)c1cc(Cl)cc(Cl)c1O2. The molecule has 0 aromatic heterocycles. The van der Waals surface area contributed by atoms with Gasteiger partial charge in [0, 0.05) is 31.0 Å². The highest BCUT2D eigenvalue weighted by molar-refractivity contribution is 6.36. The molecule has 158 valence electrons. The molecular formula is C22H21Cl2NO5. The summed E-state index contributed by atoms with van der Waals surface area (Å²) in [6.07, 6.45) is 1.32. The highest BCUT2D eigenvalue weighted by Crippen LogP contribution is 2.44. The van der Waals surface area contributed by atoms with Gasteiger partial charge in [-0.05, 0) is 24.3 Å². The van der Waals surface area contributed by atoms with Gasteiger partial charge < -0.3 is 19.1 Å². The lowest BCUT2D eigenvalue weighted by atomic mass is 9.82. The Balaban J connectivity index is 1.39. The summed E-state index contributed by atoms with van der Waals surface area (Å²) < 4.78 is 17.1. The summed E-state index contributed by atoms with van der Waals surface area (Å²) in [5.41, 5.74) is -0.233. The Hall–Kier alpha value is -2.44. The van der Waals surface area contributed by atoms with Crippen molar-refractivity contribution in [3.8, 4) is 17.2 Å². The van der Waals surface area contributed by atoms with Crippen LogP contribution in [0.1, 0.15) is 29.6 Å². The van der Waals surface area contributed by atoms with Gasteiger partial charge in [0.15, 0.2) is 23.9 Å². The zero-order valence-electron chi connectivity index (χ0n) is 16.5. The van der Waals surface area contributed by atoms with Crippen LogP contribution in [0.3, 0.4) is 0 Å². The lowest BCUT2D eigenvalue weighted by molar-refractivity contribution is -0.136. The van der Waals surface area contributed by atoms with Gasteiger partial charge >= 0.3 is 0 Å². The third-order valence-electron chi connectivity index (χ3n) is 5.56. The van der Waals surface area contributed by atoms with Crippen molar-refractivity contribution in [3.05, 3.63) is 52.0 Å². The molecule has 8 heteroatoms. The molecule has 30 heavy (non-hydrogen) atoms. The number of carbonyl (C=O) groups excluding carboxylic acids is 2. The van der Waals surface area contributed by atoms with E-state index in [1.807, 2.05) is 12.1 Å². The second-order valence-corrected chi connectivity index (χ2v) is 8.31. The van der Waals surface area contributed by atoms with Gasteiger partial charge in [-0.25, -0.2) is 0 Å². The van der Waals surface area contributed by atoms with Crippen molar-refractivity contribution in [3.63, 3.8) is 0 Å². The highest BCUT2D eigenvalue weighted by atomic mass is 35.5. The number of nitrogens with zero attached hydrogens (tertiary/aromatic N) is 1. The topological polar surface area (TPSA) is 65.1 Å². The minimum absolute atomic E-state index is 0.0417. The smallest absolute Gasteiger partial charge is 0.260 e. The number of benzene rings is 2. The number of likely N-dealkylation sites (tertiary alicyclic amines) is 1. The molecule has 0 bridgehead atoms. The summed E-state index contributed by atoms with van der Waals surface area (Å²) in [6, 6.07) is 10.3. The number of rotatable bonds is 4. The van der Waals surface area contributed by atoms with E-state index < -0.39 is 5.60 Å². The van der Waals surface area contributed by atoms with Crippen LogP contribution in [0.5, 0.6) is 17.2 Å². The second-order valence-electron chi connectivity index (χ2n) is 7.47. The molecule has 2 aromatic carbocycles. The summed E-state index contributed by atoms with van der Waals surface area (Å²) in [4.78, 5) is 27.0. The van der Waals surface area contributed by atoms with E-state index >= 15 is 0 Å². The van der Waals surface area contributed by atoms with Gasteiger partial charge in [0.05, 0.1) is 24.1 Å². The molecule has 0 unspecified atom stereocenters. The van der Waals surface area contributed by atoms with Crippen LogP contribution in [0.25, 0.3) is 0 Å². The Morgan fingerprint density at radius 3 is 2.57 bits per heavy atom. The number of amides is 1. The summed E-state index contributed by atoms with van der Waals surface area (Å²) in [6.45, 7) is 0.865. The van der Waals surface area contributed by atoms with E-state index in [2.05, 4.69) is 0 Å². The third kappa shape index (κ3) is 4.07. The third-order valence-corrected chi connectivity index (χ3v) is 6.06. The maximum atomic E-state index is 12.7. The number of ether oxygens (including phenoxy) is 3. The average Bonchev–Trinajstić information content (AvgIpc) is 2.74. The molecule has 2 aliphatic heterocycles. The van der Waals surface area contributed by atoms with E-state index in [4.69, 9.17) is 37.4 Å². The van der Waals surface area contributed by atoms with Gasteiger partial charge in [-0.3, -0.25) is 9.59 Å². The minimum atomic E-state index is -0.651. The molecule has 0 saturated carbocycles. The molecule has 1 fully saturated rings. The van der Waals surface area contributed by atoms with E-state index in [0.29, 0.717) is 58.8 Å². The summed E-state index contributed by atoms with van der Waals surface area (Å²) in [5.74, 6) is 1.32. The maximum absolute atomic E-state index is 12.7. The molecule has 1 amide bonds. The number of hydrogen-bond donors (Lipinski definition) is 0. The lowest BCUT2D eigenvalue weighted by Gasteiger charge is -2.44. The number of piperidine rings is 1. The second kappa shape index (κ2) is 8.36. The molecule has 0 radical (unpaired) electrons. The van der Waals surface area contributed by atoms with Gasteiger partial charge in [0.1, 0.15) is 11.4 Å². The quantitative estimate of drug-likeness (QED) is 0.691. The Kier molecular flexibility index (Phi) is 5.80. The fourth-order valence-corrected chi connectivity index (χ4v) is 4.45. The fraction of sp³-hybridized carbons (Fsp3) is 0.364. The normalized spacial score (nSPS) is 17.3. The first-order valence-corrected chi connectivity index (χ1v) is 10.4.